The van der Waals surface area contributed by atoms with Crippen LogP contribution in [-0.2, 0) is 0 Å². The van der Waals surface area contributed by atoms with Crippen molar-refractivity contribution >= 4 is 5.91 Å². The Morgan fingerprint density at radius 3 is 2.76 bits per heavy atom. The van der Waals surface area contributed by atoms with Gasteiger partial charge >= 0.3 is 0 Å². The number of benzene rings is 1. The normalized spacial score (nSPS) is 9.88. The average Bonchev–Trinajstić information content (AvgIpc) is 2.86. The maximum Gasteiger partial charge on any atom is 0.287 e. The number of amides is 1. The van der Waals surface area contributed by atoms with Gasteiger partial charge in [0.25, 0.3) is 5.91 Å². The van der Waals surface area contributed by atoms with Gasteiger partial charge in [-0.1, -0.05) is 36.4 Å². The van der Waals surface area contributed by atoms with Crippen LogP contribution in [0.5, 0.6) is 0 Å². The van der Waals surface area contributed by atoms with Crippen molar-refractivity contribution in [2.45, 2.75) is 0 Å². The molecule has 0 unspecified atom stereocenters. The zero-order valence-corrected chi connectivity index (χ0v) is 9.35. The van der Waals surface area contributed by atoms with Crippen molar-refractivity contribution in [3.05, 3.63) is 61.1 Å². The summed E-state index contributed by atoms with van der Waals surface area (Å²) in [6.45, 7) is 3.97. The summed E-state index contributed by atoms with van der Waals surface area (Å²) < 4.78 is 5.23. The molecule has 1 amide bonds. The Bertz CT molecular complexity index is 514. The Kier molecular flexibility index (Phi) is 3.40. The highest BCUT2D eigenvalue weighted by atomic mass is 16.3. The van der Waals surface area contributed by atoms with Crippen LogP contribution < -0.4 is 5.32 Å². The lowest BCUT2D eigenvalue weighted by Crippen LogP contribution is -2.23. The van der Waals surface area contributed by atoms with E-state index in [-0.39, 0.29) is 5.91 Å². The molecule has 86 valence electrons. The van der Waals surface area contributed by atoms with Gasteiger partial charge in [0.05, 0.1) is 6.26 Å². The van der Waals surface area contributed by atoms with Gasteiger partial charge in [0.15, 0.2) is 5.76 Å². The first-order chi connectivity index (χ1) is 8.33. The molecule has 0 fully saturated rings. The van der Waals surface area contributed by atoms with Gasteiger partial charge in [-0.2, -0.15) is 0 Å². The highest BCUT2D eigenvalue weighted by molar-refractivity contribution is 5.98. The van der Waals surface area contributed by atoms with Crippen LogP contribution in [0, 0.1) is 0 Å². The third kappa shape index (κ3) is 2.45. The minimum absolute atomic E-state index is 0.228. The fourth-order valence-electron chi connectivity index (χ4n) is 1.58. The standard InChI is InChI=1S/C14H13NO2/c1-2-9-15-14(16)13-12(8-10-17-13)11-6-4-3-5-7-11/h2-8,10H,1,9H2,(H,15,16). The van der Waals surface area contributed by atoms with E-state index in [4.69, 9.17) is 4.42 Å². The van der Waals surface area contributed by atoms with Crippen molar-refractivity contribution in [2.75, 3.05) is 6.54 Å². The molecule has 0 spiro atoms. The maximum absolute atomic E-state index is 11.8. The van der Waals surface area contributed by atoms with Crippen LogP contribution >= 0.6 is 0 Å². The molecule has 3 nitrogen and oxygen atoms in total. The molecule has 0 saturated carbocycles. The van der Waals surface area contributed by atoms with Crippen LogP contribution in [0.2, 0.25) is 0 Å². The first kappa shape index (κ1) is 11.2. The van der Waals surface area contributed by atoms with E-state index in [1.807, 2.05) is 30.3 Å². The predicted octanol–water partition coefficient (Wildman–Crippen LogP) is 2.86. The monoisotopic (exact) mass is 227 g/mol. The molecule has 1 heterocycles. The van der Waals surface area contributed by atoms with E-state index < -0.39 is 0 Å². The zero-order valence-electron chi connectivity index (χ0n) is 9.35. The van der Waals surface area contributed by atoms with E-state index >= 15 is 0 Å². The summed E-state index contributed by atoms with van der Waals surface area (Å²) >= 11 is 0. The predicted molar refractivity (Wildman–Crippen MR) is 66.7 cm³/mol. The van der Waals surface area contributed by atoms with Crippen molar-refractivity contribution in [1.82, 2.24) is 5.32 Å². The molecule has 0 aliphatic rings. The quantitative estimate of drug-likeness (QED) is 0.816. The number of rotatable bonds is 4. The summed E-state index contributed by atoms with van der Waals surface area (Å²) in [5.41, 5.74) is 1.76. The van der Waals surface area contributed by atoms with Crippen LogP contribution in [0.4, 0.5) is 0 Å². The minimum atomic E-state index is -0.228. The van der Waals surface area contributed by atoms with E-state index in [1.54, 1.807) is 12.1 Å². The Hall–Kier alpha value is -2.29. The van der Waals surface area contributed by atoms with E-state index in [9.17, 15) is 4.79 Å². The molecule has 3 heteroatoms. The molecule has 0 atom stereocenters. The molecule has 1 N–H and O–H groups in total. The van der Waals surface area contributed by atoms with E-state index in [2.05, 4.69) is 11.9 Å². The summed E-state index contributed by atoms with van der Waals surface area (Å²) in [5, 5.41) is 2.69. The summed E-state index contributed by atoms with van der Waals surface area (Å²) in [6, 6.07) is 11.4. The van der Waals surface area contributed by atoms with Crippen molar-refractivity contribution in [2.24, 2.45) is 0 Å². The lowest BCUT2D eigenvalue weighted by molar-refractivity contribution is 0.0931. The molecule has 2 aromatic rings. The fraction of sp³-hybridized carbons (Fsp3) is 0.0714. The Morgan fingerprint density at radius 1 is 1.29 bits per heavy atom. The van der Waals surface area contributed by atoms with Gasteiger partial charge in [-0.25, -0.2) is 0 Å². The number of carbonyl (C=O) groups is 1. The maximum atomic E-state index is 11.8. The van der Waals surface area contributed by atoms with Gasteiger partial charge in [0.1, 0.15) is 0 Å². The average molecular weight is 227 g/mol. The zero-order chi connectivity index (χ0) is 12.1. The van der Waals surface area contributed by atoms with Gasteiger partial charge < -0.3 is 9.73 Å². The van der Waals surface area contributed by atoms with Crippen molar-refractivity contribution < 1.29 is 9.21 Å². The second-order valence-electron chi connectivity index (χ2n) is 3.53. The van der Waals surface area contributed by atoms with Gasteiger partial charge in [-0.3, -0.25) is 4.79 Å². The van der Waals surface area contributed by atoms with Crippen LogP contribution in [0.25, 0.3) is 11.1 Å². The molecule has 1 aromatic heterocycles. The molecule has 0 saturated heterocycles. The summed E-state index contributed by atoms with van der Waals surface area (Å²) in [6.07, 6.45) is 3.15. The van der Waals surface area contributed by atoms with Crippen LogP contribution in [0.3, 0.4) is 0 Å². The molecular formula is C14H13NO2. The molecule has 0 radical (unpaired) electrons. The van der Waals surface area contributed by atoms with Crippen LogP contribution in [-0.4, -0.2) is 12.5 Å². The van der Waals surface area contributed by atoms with Crippen molar-refractivity contribution in [1.29, 1.82) is 0 Å². The fourth-order valence-corrected chi connectivity index (χ4v) is 1.58. The first-order valence-electron chi connectivity index (χ1n) is 5.35. The molecule has 0 aliphatic heterocycles. The summed E-state index contributed by atoms with van der Waals surface area (Å²) in [4.78, 5) is 11.8. The molecule has 0 aliphatic carbocycles. The molecule has 0 bridgehead atoms. The first-order valence-corrected chi connectivity index (χ1v) is 5.35. The Balaban J connectivity index is 2.29. The largest absolute Gasteiger partial charge is 0.459 e. The van der Waals surface area contributed by atoms with Gasteiger partial charge in [-0.15, -0.1) is 6.58 Å². The smallest absolute Gasteiger partial charge is 0.287 e. The highest BCUT2D eigenvalue weighted by Gasteiger charge is 2.15. The number of carbonyl (C=O) groups excluding carboxylic acids is 1. The summed E-state index contributed by atoms with van der Waals surface area (Å²) in [7, 11) is 0. The molecule has 1 aromatic carbocycles. The number of hydrogen-bond acceptors (Lipinski definition) is 2. The van der Waals surface area contributed by atoms with Crippen LogP contribution in [0.1, 0.15) is 10.6 Å². The molecule has 2 rings (SSSR count). The SMILES string of the molecule is C=CCNC(=O)c1occc1-c1ccccc1. The van der Waals surface area contributed by atoms with Gasteiger partial charge in [0.2, 0.25) is 0 Å². The van der Waals surface area contributed by atoms with Gasteiger partial charge in [0, 0.05) is 12.1 Å². The lowest BCUT2D eigenvalue weighted by atomic mass is 10.1. The number of hydrogen-bond donors (Lipinski definition) is 1. The highest BCUT2D eigenvalue weighted by Crippen LogP contribution is 2.24. The van der Waals surface area contributed by atoms with Crippen molar-refractivity contribution in [3.8, 4) is 11.1 Å². The van der Waals surface area contributed by atoms with Crippen LogP contribution in [0.15, 0.2) is 59.7 Å². The van der Waals surface area contributed by atoms with E-state index in [0.29, 0.717) is 12.3 Å². The Morgan fingerprint density at radius 2 is 2.06 bits per heavy atom. The molecule has 17 heavy (non-hydrogen) atoms. The van der Waals surface area contributed by atoms with E-state index in [0.717, 1.165) is 11.1 Å². The number of furan rings is 1. The van der Waals surface area contributed by atoms with E-state index in [1.165, 1.54) is 6.26 Å². The second kappa shape index (κ2) is 5.16. The topological polar surface area (TPSA) is 42.2 Å². The third-order valence-corrected chi connectivity index (χ3v) is 2.36. The van der Waals surface area contributed by atoms with Gasteiger partial charge in [-0.05, 0) is 11.6 Å². The summed E-state index contributed by atoms with van der Waals surface area (Å²) in [5.74, 6) is 0.104. The minimum Gasteiger partial charge on any atom is -0.459 e. The second-order valence-corrected chi connectivity index (χ2v) is 3.53. The lowest BCUT2D eigenvalue weighted by Gasteiger charge is -2.02. The number of nitrogens with one attached hydrogen (secondary N) is 1. The van der Waals surface area contributed by atoms with Crippen molar-refractivity contribution in [3.63, 3.8) is 0 Å². The Labute approximate surface area is 99.8 Å². The molecular weight excluding hydrogens is 214 g/mol. The third-order valence-electron chi connectivity index (χ3n) is 2.36.